The summed E-state index contributed by atoms with van der Waals surface area (Å²) in [5, 5.41) is 11.4. The van der Waals surface area contributed by atoms with Crippen LogP contribution in [-0.2, 0) is 4.79 Å². The van der Waals surface area contributed by atoms with E-state index in [-0.39, 0.29) is 11.5 Å². The van der Waals surface area contributed by atoms with Gasteiger partial charge in [0.2, 0.25) is 5.91 Å². The van der Waals surface area contributed by atoms with Crippen molar-refractivity contribution in [3.63, 3.8) is 0 Å². The number of nitrogens with zero attached hydrogens (tertiary/aromatic N) is 1. The van der Waals surface area contributed by atoms with Crippen LogP contribution in [0.2, 0.25) is 0 Å². The van der Waals surface area contributed by atoms with Crippen LogP contribution in [0.25, 0.3) is 0 Å². The van der Waals surface area contributed by atoms with Crippen LogP contribution in [0.4, 0.5) is 10.1 Å². The van der Waals surface area contributed by atoms with Gasteiger partial charge in [0, 0.05) is 12.1 Å². The lowest BCUT2D eigenvalue weighted by Crippen LogP contribution is -2.11. The zero-order valence-electron chi connectivity index (χ0n) is 18.0. The second-order valence-electron chi connectivity index (χ2n) is 7.69. The summed E-state index contributed by atoms with van der Waals surface area (Å²) in [5.41, 5.74) is 0.388. The Morgan fingerprint density at radius 1 is 0.966 bits per heavy atom. The molecule has 0 atom stereocenters. The van der Waals surface area contributed by atoms with Crippen LogP contribution >= 0.6 is 0 Å². The smallest absolute Gasteiger partial charge is 0.224 e. The number of halogens is 1. The number of carbonyl (C=O) groups is 1. The van der Waals surface area contributed by atoms with Crippen molar-refractivity contribution in [2.24, 2.45) is 0 Å². The van der Waals surface area contributed by atoms with Gasteiger partial charge in [-0.3, -0.25) is 4.79 Å². The number of benzene rings is 1. The van der Waals surface area contributed by atoms with Gasteiger partial charge in [0.25, 0.3) is 0 Å². The Bertz CT molecular complexity index is 649. The average Bonchev–Trinajstić information content (AvgIpc) is 2.71. The molecule has 160 valence electrons. The average molecular weight is 401 g/mol. The molecule has 1 amide bonds. The minimum atomic E-state index is -0.605. The van der Waals surface area contributed by atoms with Crippen LogP contribution in [0.1, 0.15) is 102 Å². The Kier molecular flexibility index (Phi) is 14.4. The first kappa shape index (κ1) is 24.9. The molecule has 1 aromatic carbocycles. The monoisotopic (exact) mass is 400 g/mol. The molecule has 0 radical (unpaired) electrons. The van der Waals surface area contributed by atoms with Gasteiger partial charge in [-0.15, -0.1) is 0 Å². The van der Waals surface area contributed by atoms with Gasteiger partial charge in [-0.25, -0.2) is 4.39 Å². The highest BCUT2D eigenvalue weighted by molar-refractivity contribution is 5.90. The van der Waals surface area contributed by atoms with Crippen molar-refractivity contribution in [3.05, 3.63) is 41.7 Å². The van der Waals surface area contributed by atoms with E-state index in [0.29, 0.717) is 12.1 Å². The molecular weight excluding hydrogens is 363 g/mol. The second kappa shape index (κ2) is 16.8. The largest absolute Gasteiger partial charge is 0.326 e. The van der Waals surface area contributed by atoms with E-state index < -0.39 is 5.82 Å². The number of rotatable bonds is 16. The van der Waals surface area contributed by atoms with Gasteiger partial charge < -0.3 is 5.32 Å². The van der Waals surface area contributed by atoms with E-state index >= 15 is 0 Å². The number of allylic oxidation sites excluding steroid dienone is 2. The summed E-state index contributed by atoms with van der Waals surface area (Å²) < 4.78 is 13.5. The second-order valence-corrected chi connectivity index (χ2v) is 7.69. The molecule has 29 heavy (non-hydrogen) atoms. The van der Waals surface area contributed by atoms with Crippen molar-refractivity contribution in [2.45, 2.75) is 96.8 Å². The topological polar surface area (TPSA) is 52.9 Å². The molecule has 3 nitrogen and oxygen atoms in total. The van der Waals surface area contributed by atoms with Crippen LogP contribution in [0.3, 0.4) is 0 Å². The summed E-state index contributed by atoms with van der Waals surface area (Å²) in [5.74, 6) is -0.710. The van der Waals surface area contributed by atoms with Gasteiger partial charge >= 0.3 is 0 Å². The van der Waals surface area contributed by atoms with E-state index in [0.717, 1.165) is 25.7 Å². The molecule has 1 aromatic rings. The quantitative estimate of drug-likeness (QED) is 0.228. The normalized spacial score (nSPS) is 10.9. The van der Waals surface area contributed by atoms with Crippen LogP contribution in [0.5, 0.6) is 0 Å². The van der Waals surface area contributed by atoms with E-state index in [1.165, 1.54) is 69.9 Å². The predicted molar refractivity (Wildman–Crippen MR) is 119 cm³/mol. The van der Waals surface area contributed by atoms with Crippen LogP contribution in [-0.4, -0.2) is 5.91 Å². The highest BCUT2D eigenvalue weighted by Crippen LogP contribution is 2.15. The van der Waals surface area contributed by atoms with Crippen molar-refractivity contribution in [2.75, 3.05) is 5.32 Å². The molecule has 0 unspecified atom stereocenters. The highest BCUT2D eigenvalue weighted by atomic mass is 19.1. The van der Waals surface area contributed by atoms with E-state index in [2.05, 4.69) is 24.4 Å². The molecule has 1 rings (SSSR count). The minimum Gasteiger partial charge on any atom is -0.326 e. The van der Waals surface area contributed by atoms with E-state index in [9.17, 15) is 9.18 Å². The van der Waals surface area contributed by atoms with Crippen LogP contribution in [0.15, 0.2) is 30.4 Å². The lowest BCUT2D eigenvalue weighted by molar-refractivity contribution is -0.116. The summed E-state index contributed by atoms with van der Waals surface area (Å²) >= 11 is 0. The Balaban J connectivity index is 1.95. The molecule has 0 aliphatic carbocycles. The number of unbranched alkanes of at least 4 members (excludes halogenated alkanes) is 11. The molecule has 0 aromatic heterocycles. The van der Waals surface area contributed by atoms with Gasteiger partial charge in [0.15, 0.2) is 0 Å². The molecule has 0 saturated carbocycles. The van der Waals surface area contributed by atoms with Gasteiger partial charge in [-0.1, -0.05) is 70.4 Å². The lowest BCUT2D eigenvalue weighted by atomic mass is 10.1. The highest BCUT2D eigenvalue weighted by Gasteiger charge is 2.06. The Hall–Kier alpha value is -2.15. The number of anilines is 1. The predicted octanol–water partition coefficient (Wildman–Crippen LogP) is 7.67. The molecule has 0 heterocycles. The van der Waals surface area contributed by atoms with Crippen LogP contribution in [0, 0.1) is 17.1 Å². The first-order valence-electron chi connectivity index (χ1n) is 11.3. The third-order valence-corrected chi connectivity index (χ3v) is 5.04. The van der Waals surface area contributed by atoms with Gasteiger partial charge in [0.1, 0.15) is 11.9 Å². The summed E-state index contributed by atoms with van der Waals surface area (Å²) in [6.45, 7) is 2.25. The maximum Gasteiger partial charge on any atom is 0.224 e. The number of hydrogen-bond acceptors (Lipinski definition) is 2. The van der Waals surface area contributed by atoms with Gasteiger partial charge in [-0.05, 0) is 50.3 Å². The third-order valence-electron chi connectivity index (χ3n) is 5.04. The molecule has 0 fully saturated rings. The Labute approximate surface area is 176 Å². The maximum atomic E-state index is 13.5. The fourth-order valence-electron chi connectivity index (χ4n) is 3.26. The van der Waals surface area contributed by atoms with E-state index in [4.69, 9.17) is 5.26 Å². The number of nitriles is 1. The molecule has 1 N–H and O–H groups in total. The molecule has 0 saturated heterocycles. The van der Waals surface area contributed by atoms with Crippen molar-refractivity contribution < 1.29 is 9.18 Å². The first-order valence-corrected chi connectivity index (χ1v) is 11.3. The van der Waals surface area contributed by atoms with E-state index in [1.807, 2.05) is 0 Å². The number of hydrogen-bond donors (Lipinski definition) is 1. The van der Waals surface area contributed by atoms with Crippen molar-refractivity contribution in [1.82, 2.24) is 0 Å². The van der Waals surface area contributed by atoms with E-state index in [1.54, 1.807) is 12.1 Å². The minimum absolute atomic E-state index is 0.0137. The zero-order valence-corrected chi connectivity index (χ0v) is 18.0. The van der Waals surface area contributed by atoms with Gasteiger partial charge in [0.05, 0.1) is 5.56 Å². The summed E-state index contributed by atoms with van der Waals surface area (Å²) in [6.07, 6.45) is 21.0. The fraction of sp³-hybridized carbons (Fsp3) is 0.600. The summed E-state index contributed by atoms with van der Waals surface area (Å²) in [4.78, 5) is 11.9. The first-order chi connectivity index (χ1) is 14.2. The fourth-order valence-corrected chi connectivity index (χ4v) is 3.26. The molecule has 0 spiro atoms. The number of amides is 1. The Morgan fingerprint density at radius 2 is 1.55 bits per heavy atom. The lowest BCUT2D eigenvalue weighted by Gasteiger charge is -2.06. The zero-order chi connectivity index (χ0) is 21.2. The number of nitrogens with one attached hydrogen (secondary N) is 1. The summed E-state index contributed by atoms with van der Waals surface area (Å²) in [7, 11) is 0. The van der Waals surface area contributed by atoms with Gasteiger partial charge in [-0.2, -0.15) is 5.26 Å². The van der Waals surface area contributed by atoms with Crippen molar-refractivity contribution >= 4 is 11.6 Å². The maximum absolute atomic E-state index is 13.5. The summed E-state index contributed by atoms with van der Waals surface area (Å²) in [6, 6.07) is 5.90. The molecule has 0 aliphatic heterocycles. The van der Waals surface area contributed by atoms with Crippen molar-refractivity contribution in [1.29, 1.82) is 5.26 Å². The molecular formula is C25H37FN2O. The Morgan fingerprint density at radius 3 is 2.14 bits per heavy atom. The molecule has 0 aliphatic rings. The van der Waals surface area contributed by atoms with Crippen molar-refractivity contribution in [3.8, 4) is 6.07 Å². The molecule has 4 heteroatoms. The number of carbonyl (C=O) groups excluding carboxylic acids is 1. The third kappa shape index (κ3) is 12.8. The standard InChI is InChI=1S/C25H37FN2O/c1-2-3-4-5-6-7-8-9-10-11-12-13-14-15-16-17-25(29)28-23-19-18-22(21-27)24(26)20-23/h9-10,18-20H,2-8,11-17H2,1H3,(H,28,29)/b10-9-. The van der Waals surface area contributed by atoms with Crippen LogP contribution < -0.4 is 5.32 Å². The SMILES string of the molecule is CCCCCCCC/C=C\CCCCCCCC(=O)Nc1ccc(C#N)c(F)c1. The molecule has 0 bridgehead atoms.